The second-order valence-corrected chi connectivity index (χ2v) is 4.68. The summed E-state index contributed by atoms with van der Waals surface area (Å²) >= 11 is 0. The lowest BCUT2D eigenvalue weighted by molar-refractivity contribution is -0.384. The van der Waals surface area contributed by atoms with Crippen molar-refractivity contribution in [3.63, 3.8) is 0 Å². The molecule has 2 N–H and O–H groups in total. The van der Waals surface area contributed by atoms with Gasteiger partial charge >= 0.3 is 6.09 Å². The van der Waals surface area contributed by atoms with Gasteiger partial charge in [-0.25, -0.2) is 4.79 Å². The molecule has 1 atom stereocenters. The summed E-state index contributed by atoms with van der Waals surface area (Å²) in [6, 6.07) is 5.94. The number of piperidine rings is 1. The number of nitro groups is 1. The maximum Gasteiger partial charge on any atom is 0.411 e. The molecule has 2 rings (SSSR count). The summed E-state index contributed by atoms with van der Waals surface area (Å²) < 4.78 is 5.10. The van der Waals surface area contributed by atoms with E-state index in [-0.39, 0.29) is 11.7 Å². The van der Waals surface area contributed by atoms with Crippen LogP contribution < -0.4 is 10.6 Å². The van der Waals surface area contributed by atoms with Crippen LogP contribution in [-0.4, -0.2) is 30.2 Å². The molecule has 0 spiro atoms. The summed E-state index contributed by atoms with van der Waals surface area (Å²) in [6.07, 6.45) is 2.67. The number of anilines is 1. The number of carbonyl (C=O) groups excluding carboxylic acids is 1. The molecule has 0 aromatic heterocycles. The van der Waals surface area contributed by atoms with E-state index in [1.165, 1.54) is 18.2 Å². The van der Waals surface area contributed by atoms with Gasteiger partial charge in [0, 0.05) is 18.2 Å². The van der Waals surface area contributed by atoms with Crippen LogP contribution in [0.3, 0.4) is 0 Å². The second-order valence-electron chi connectivity index (χ2n) is 4.68. The van der Waals surface area contributed by atoms with Crippen molar-refractivity contribution in [2.24, 2.45) is 0 Å². The van der Waals surface area contributed by atoms with Crippen LogP contribution >= 0.6 is 0 Å². The Morgan fingerprint density at radius 2 is 2.35 bits per heavy atom. The summed E-state index contributed by atoms with van der Waals surface area (Å²) in [5.74, 6) is 0. The lowest BCUT2D eigenvalue weighted by Gasteiger charge is -2.22. The summed E-state index contributed by atoms with van der Waals surface area (Å²) in [5.41, 5.74) is 0.276. The van der Waals surface area contributed by atoms with Crippen molar-refractivity contribution in [3.8, 4) is 0 Å². The Hall–Kier alpha value is -2.15. The molecule has 20 heavy (non-hydrogen) atoms. The van der Waals surface area contributed by atoms with Crippen molar-refractivity contribution in [2.45, 2.75) is 25.3 Å². The molecule has 7 nitrogen and oxygen atoms in total. The number of amides is 1. The highest BCUT2D eigenvalue weighted by molar-refractivity contribution is 5.85. The van der Waals surface area contributed by atoms with E-state index in [1.54, 1.807) is 6.07 Å². The van der Waals surface area contributed by atoms with E-state index < -0.39 is 11.0 Å². The van der Waals surface area contributed by atoms with Crippen LogP contribution in [0.25, 0.3) is 0 Å². The van der Waals surface area contributed by atoms with Gasteiger partial charge in [0.15, 0.2) is 0 Å². The molecular weight excluding hydrogens is 262 g/mol. The fourth-order valence-electron chi connectivity index (χ4n) is 2.09. The highest BCUT2D eigenvalue weighted by atomic mass is 16.6. The smallest absolute Gasteiger partial charge is 0.411 e. The Kier molecular flexibility index (Phi) is 4.89. The normalized spacial score (nSPS) is 18.3. The van der Waals surface area contributed by atoms with E-state index in [2.05, 4.69) is 10.6 Å². The molecule has 108 valence electrons. The van der Waals surface area contributed by atoms with Crippen molar-refractivity contribution in [1.82, 2.24) is 5.32 Å². The van der Waals surface area contributed by atoms with Gasteiger partial charge in [0.1, 0.15) is 6.61 Å². The van der Waals surface area contributed by atoms with E-state index in [0.717, 1.165) is 25.8 Å². The van der Waals surface area contributed by atoms with Crippen LogP contribution in [0.15, 0.2) is 24.3 Å². The Balaban J connectivity index is 1.81. The molecule has 0 bridgehead atoms. The predicted molar refractivity (Wildman–Crippen MR) is 73.7 cm³/mol. The molecular formula is C13H17N3O4. The van der Waals surface area contributed by atoms with Crippen molar-refractivity contribution in [1.29, 1.82) is 0 Å². The van der Waals surface area contributed by atoms with Crippen molar-refractivity contribution >= 4 is 17.5 Å². The molecule has 7 heteroatoms. The van der Waals surface area contributed by atoms with Gasteiger partial charge < -0.3 is 10.1 Å². The molecule has 1 heterocycles. The Labute approximate surface area is 116 Å². The number of nitrogens with zero attached hydrogens (tertiary/aromatic N) is 1. The van der Waals surface area contributed by atoms with Gasteiger partial charge in [-0.15, -0.1) is 0 Å². The molecule has 0 radical (unpaired) electrons. The van der Waals surface area contributed by atoms with Crippen molar-refractivity contribution in [3.05, 3.63) is 34.4 Å². The quantitative estimate of drug-likeness (QED) is 0.651. The van der Waals surface area contributed by atoms with Crippen molar-refractivity contribution < 1.29 is 14.5 Å². The third kappa shape index (κ3) is 4.20. The number of rotatable bonds is 4. The monoisotopic (exact) mass is 279 g/mol. The average molecular weight is 279 g/mol. The average Bonchev–Trinajstić information content (AvgIpc) is 2.46. The fourth-order valence-corrected chi connectivity index (χ4v) is 2.09. The lowest BCUT2D eigenvalue weighted by Crippen LogP contribution is -2.38. The van der Waals surface area contributed by atoms with E-state index in [9.17, 15) is 14.9 Å². The van der Waals surface area contributed by atoms with Crippen LogP contribution in [0.5, 0.6) is 0 Å². The van der Waals surface area contributed by atoms with E-state index in [4.69, 9.17) is 4.74 Å². The zero-order valence-corrected chi connectivity index (χ0v) is 11.0. The molecule has 0 saturated carbocycles. The van der Waals surface area contributed by atoms with Gasteiger partial charge in [-0.05, 0) is 25.5 Å². The second kappa shape index (κ2) is 6.85. The first kappa shape index (κ1) is 14.3. The highest BCUT2D eigenvalue weighted by Gasteiger charge is 2.15. The van der Waals surface area contributed by atoms with E-state index >= 15 is 0 Å². The first-order valence-electron chi connectivity index (χ1n) is 6.57. The maximum atomic E-state index is 11.6. The highest BCUT2D eigenvalue weighted by Crippen LogP contribution is 2.17. The van der Waals surface area contributed by atoms with Crippen LogP contribution in [0.2, 0.25) is 0 Å². The first-order valence-corrected chi connectivity index (χ1v) is 6.57. The third-order valence-electron chi connectivity index (χ3n) is 3.13. The summed E-state index contributed by atoms with van der Waals surface area (Å²) in [7, 11) is 0. The third-order valence-corrected chi connectivity index (χ3v) is 3.13. The minimum Gasteiger partial charge on any atom is -0.448 e. The molecule has 1 fully saturated rings. The van der Waals surface area contributed by atoms with E-state index in [0.29, 0.717) is 12.3 Å². The first-order chi connectivity index (χ1) is 9.65. The Morgan fingerprint density at radius 1 is 1.50 bits per heavy atom. The number of ether oxygens (including phenoxy) is 1. The van der Waals surface area contributed by atoms with Gasteiger partial charge in [-0.2, -0.15) is 0 Å². The molecule has 1 unspecified atom stereocenters. The number of hydrogen-bond acceptors (Lipinski definition) is 5. The minimum atomic E-state index is -0.599. The number of nitro benzene ring substituents is 1. The number of nitrogens with one attached hydrogen (secondary N) is 2. The van der Waals surface area contributed by atoms with Crippen LogP contribution in [0.1, 0.15) is 19.3 Å². The Morgan fingerprint density at radius 3 is 3.05 bits per heavy atom. The summed E-state index contributed by atoms with van der Waals surface area (Å²) in [4.78, 5) is 21.7. The molecule has 1 aromatic rings. The number of non-ortho nitro benzene ring substituents is 1. The lowest BCUT2D eigenvalue weighted by atomic mass is 10.1. The number of benzene rings is 1. The zero-order valence-electron chi connectivity index (χ0n) is 11.0. The summed E-state index contributed by atoms with van der Waals surface area (Å²) in [6.45, 7) is 1.25. The van der Waals surface area contributed by atoms with Gasteiger partial charge in [0.25, 0.3) is 5.69 Å². The maximum absolute atomic E-state index is 11.6. The molecule has 1 aromatic carbocycles. The number of carbonyl (C=O) groups is 1. The van der Waals surface area contributed by atoms with Gasteiger partial charge in [0.2, 0.25) is 0 Å². The van der Waals surface area contributed by atoms with Crippen molar-refractivity contribution in [2.75, 3.05) is 18.5 Å². The van der Waals surface area contributed by atoms with Gasteiger partial charge in [-0.1, -0.05) is 12.5 Å². The predicted octanol–water partition coefficient (Wildman–Crippen LogP) is 2.29. The molecule has 0 aliphatic carbocycles. The summed E-state index contributed by atoms with van der Waals surface area (Å²) in [5, 5.41) is 16.4. The van der Waals surface area contributed by atoms with Crippen LogP contribution in [-0.2, 0) is 4.74 Å². The van der Waals surface area contributed by atoms with Crippen LogP contribution in [0.4, 0.5) is 16.2 Å². The minimum absolute atomic E-state index is 0.0725. The van der Waals surface area contributed by atoms with Gasteiger partial charge in [-0.3, -0.25) is 15.4 Å². The fraction of sp³-hybridized carbons (Fsp3) is 0.462. The number of hydrogen-bond donors (Lipinski definition) is 2. The Bertz CT molecular complexity index is 486. The zero-order chi connectivity index (χ0) is 14.4. The van der Waals surface area contributed by atoms with Crippen LogP contribution in [0, 0.1) is 10.1 Å². The molecule has 1 aliphatic rings. The molecule has 1 saturated heterocycles. The SMILES string of the molecule is O=C(Nc1cccc([N+](=O)[O-])c1)OCC1CCCCN1. The largest absolute Gasteiger partial charge is 0.448 e. The molecule has 1 amide bonds. The van der Waals surface area contributed by atoms with E-state index in [1.807, 2.05) is 0 Å². The van der Waals surface area contributed by atoms with Gasteiger partial charge in [0.05, 0.1) is 10.6 Å². The standard InChI is InChI=1S/C13H17N3O4/c17-13(20-9-11-4-1-2-7-14-11)15-10-5-3-6-12(8-10)16(18)19/h3,5-6,8,11,14H,1-2,4,7,9H2,(H,15,17). The topological polar surface area (TPSA) is 93.5 Å². The molecule has 1 aliphatic heterocycles.